The van der Waals surface area contributed by atoms with Gasteiger partial charge in [0.2, 0.25) is 0 Å². The Kier molecular flexibility index (Phi) is 4.45. The number of hydrogen-bond acceptors (Lipinski definition) is 4. The van der Waals surface area contributed by atoms with Crippen LogP contribution in [0.3, 0.4) is 0 Å². The van der Waals surface area contributed by atoms with Crippen LogP contribution < -0.4 is 16.7 Å². The van der Waals surface area contributed by atoms with Crippen LogP contribution in [0.2, 0.25) is 10.0 Å². The molecule has 0 saturated heterocycles. The molecule has 24 heavy (non-hydrogen) atoms. The van der Waals surface area contributed by atoms with Gasteiger partial charge in [0.1, 0.15) is 11.6 Å². The van der Waals surface area contributed by atoms with E-state index < -0.39 is 17.4 Å². The minimum absolute atomic E-state index is 0.122. The van der Waals surface area contributed by atoms with Gasteiger partial charge in [0.25, 0.3) is 5.56 Å². The summed E-state index contributed by atoms with van der Waals surface area (Å²) in [6.45, 7) is 1.70. The fourth-order valence-electron chi connectivity index (χ4n) is 2.32. The second-order valence-electron chi connectivity index (χ2n) is 5.27. The van der Waals surface area contributed by atoms with Crippen molar-refractivity contribution in [2.45, 2.75) is 13.0 Å². The maximum atomic E-state index is 13.2. The Labute approximate surface area is 146 Å². The van der Waals surface area contributed by atoms with Crippen LogP contribution in [-0.2, 0) is 0 Å². The van der Waals surface area contributed by atoms with Crippen LogP contribution in [0.4, 0.5) is 10.1 Å². The maximum absolute atomic E-state index is 13.2. The zero-order chi connectivity index (χ0) is 17.4. The first kappa shape index (κ1) is 16.7. The van der Waals surface area contributed by atoms with E-state index in [9.17, 15) is 9.18 Å². The van der Waals surface area contributed by atoms with E-state index in [0.29, 0.717) is 17.0 Å². The summed E-state index contributed by atoms with van der Waals surface area (Å²) < 4.78 is 14.4. The number of nitrogens with two attached hydrogens (primary N) is 1. The van der Waals surface area contributed by atoms with Crippen LogP contribution >= 0.6 is 23.2 Å². The van der Waals surface area contributed by atoms with Crippen molar-refractivity contribution >= 4 is 39.8 Å². The molecular formula is C16H13Cl2FN4O. The standard InChI is InChI=1S/C16H13Cl2FN4O/c1-8(20)15-21-13-4-2-3-10(17)14(13)16(24)23(15)22-12-6-5-9(19)7-11(12)18/h2-8,22H,20H2,1H3/t8-/m0/s1. The van der Waals surface area contributed by atoms with Crippen molar-refractivity contribution in [1.82, 2.24) is 9.66 Å². The van der Waals surface area contributed by atoms with Gasteiger partial charge in [0, 0.05) is 0 Å². The Morgan fingerprint density at radius 3 is 2.67 bits per heavy atom. The van der Waals surface area contributed by atoms with E-state index in [1.165, 1.54) is 16.8 Å². The van der Waals surface area contributed by atoms with Gasteiger partial charge >= 0.3 is 0 Å². The number of benzene rings is 2. The monoisotopic (exact) mass is 366 g/mol. The van der Waals surface area contributed by atoms with Gasteiger partial charge in [-0.15, -0.1) is 0 Å². The first-order valence-electron chi connectivity index (χ1n) is 7.07. The molecule has 3 aromatic rings. The molecule has 1 aromatic heterocycles. The van der Waals surface area contributed by atoms with E-state index in [1.807, 2.05) is 0 Å². The fraction of sp³-hybridized carbons (Fsp3) is 0.125. The van der Waals surface area contributed by atoms with E-state index in [4.69, 9.17) is 28.9 Å². The smallest absolute Gasteiger partial charge is 0.281 e. The topological polar surface area (TPSA) is 72.9 Å². The highest BCUT2D eigenvalue weighted by atomic mass is 35.5. The van der Waals surface area contributed by atoms with Gasteiger partial charge in [-0.3, -0.25) is 10.2 Å². The molecule has 1 atom stereocenters. The molecule has 0 spiro atoms. The minimum Gasteiger partial charge on any atom is -0.322 e. The Morgan fingerprint density at radius 1 is 1.25 bits per heavy atom. The van der Waals surface area contributed by atoms with Crippen LogP contribution in [0.15, 0.2) is 41.2 Å². The Morgan fingerprint density at radius 2 is 2.00 bits per heavy atom. The number of anilines is 1. The van der Waals surface area contributed by atoms with E-state index >= 15 is 0 Å². The van der Waals surface area contributed by atoms with Gasteiger partial charge in [0.05, 0.1) is 32.7 Å². The second kappa shape index (κ2) is 6.39. The Balaban J connectivity index is 2.25. The summed E-state index contributed by atoms with van der Waals surface area (Å²) in [5.74, 6) is -0.180. The fourth-order valence-corrected chi connectivity index (χ4v) is 2.78. The van der Waals surface area contributed by atoms with E-state index in [2.05, 4.69) is 10.4 Å². The van der Waals surface area contributed by atoms with Crippen LogP contribution in [0.5, 0.6) is 0 Å². The third kappa shape index (κ3) is 2.96. The van der Waals surface area contributed by atoms with Crippen molar-refractivity contribution in [3.63, 3.8) is 0 Å². The van der Waals surface area contributed by atoms with E-state index in [1.54, 1.807) is 25.1 Å². The molecule has 5 nitrogen and oxygen atoms in total. The molecule has 0 saturated carbocycles. The van der Waals surface area contributed by atoms with Gasteiger partial charge in [-0.2, -0.15) is 0 Å². The average molecular weight is 367 g/mol. The summed E-state index contributed by atoms with van der Waals surface area (Å²) in [4.78, 5) is 17.3. The van der Waals surface area contributed by atoms with Gasteiger partial charge in [-0.05, 0) is 37.3 Å². The first-order valence-corrected chi connectivity index (χ1v) is 7.83. The third-order valence-electron chi connectivity index (χ3n) is 3.44. The van der Waals surface area contributed by atoms with Crippen LogP contribution in [0, 0.1) is 5.82 Å². The lowest BCUT2D eigenvalue weighted by atomic mass is 10.2. The van der Waals surface area contributed by atoms with Crippen LogP contribution in [0.25, 0.3) is 10.9 Å². The largest absolute Gasteiger partial charge is 0.322 e. The number of nitrogens with one attached hydrogen (secondary N) is 1. The highest BCUT2D eigenvalue weighted by molar-refractivity contribution is 6.35. The highest BCUT2D eigenvalue weighted by Gasteiger charge is 2.17. The summed E-state index contributed by atoms with van der Waals surface area (Å²) in [7, 11) is 0. The lowest BCUT2D eigenvalue weighted by Crippen LogP contribution is -2.33. The third-order valence-corrected chi connectivity index (χ3v) is 4.07. The maximum Gasteiger partial charge on any atom is 0.281 e. The molecule has 2 aromatic carbocycles. The quantitative estimate of drug-likeness (QED) is 0.740. The normalized spacial score (nSPS) is 12.4. The first-order chi connectivity index (χ1) is 11.4. The van der Waals surface area contributed by atoms with E-state index in [0.717, 1.165) is 6.07 Å². The molecule has 124 valence electrons. The SMILES string of the molecule is C[C@H](N)c1nc2cccc(Cl)c2c(=O)n1Nc1ccc(F)cc1Cl. The second-order valence-corrected chi connectivity index (χ2v) is 6.08. The molecule has 0 aliphatic rings. The van der Waals surface area contributed by atoms with Crippen molar-refractivity contribution in [1.29, 1.82) is 0 Å². The summed E-state index contributed by atoms with van der Waals surface area (Å²) in [6, 6.07) is 8.25. The molecule has 0 radical (unpaired) electrons. The number of hydrogen-bond donors (Lipinski definition) is 2. The number of aromatic nitrogens is 2. The molecule has 3 rings (SSSR count). The lowest BCUT2D eigenvalue weighted by molar-refractivity contribution is 0.627. The minimum atomic E-state index is -0.534. The predicted molar refractivity (Wildman–Crippen MR) is 94.0 cm³/mol. The van der Waals surface area contributed by atoms with Crippen molar-refractivity contribution in [2.75, 3.05) is 5.43 Å². The Bertz CT molecular complexity index is 988. The summed E-state index contributed by atoms with van der Waals surface area (Å²) in [5, 5.41) is 0.660. The summed E-state index contributed by atoms with van der Waals surface area (Å²) >= 11 is 12.2. The Hall–Kier alpha value is -2.15. The number of nitrogens with zero attached hydrogens (tertiary/aromatic N) is 2. The molecule has 0 aliphatic heterocycles. The molecule has 8 heteroatoms. The van der Waals surface area contributed by atoms with E-state index in [-0.39, 0.29) is 15.4 Å². The molecule has 0 fully saturated rings. The van der Waals surface area contributed by atoms with Crippen molar-refractivity contribution in [2.24, 2.45) is 5.73 Å². The molecule has 0 bridgehead atoms. The summed E-state index contributed by atoms with van der Waals surface area (Å²) in [5.41, 5.74) is 9.15. The predicted octanol–water partition coefficient (Wildman–Crippen LogP) is 3.74. The van der Waals surface area contributed by atoms with Gasteiger partial charge in [-0.25, -0.2) is 14.1 Å². The lowest BCUT2D eigenvalue weighted by Gasteiger charge is -2.18. The van der Waals surface area contributed by atoms with Gasteiger partial charge in [0.15, 0.2) is 0 Å². The molecule has 0 amide bonds. The molecule has 0 aliphatic carbocycles. The van der Waals surface area contributed by atoms with Crippen molar-refractivity contribution in [3.8, 4) is 0 Å². The molecule has 0 unspecified atom stereocenters. The number of halogens is 3. The zero-order valence-corrected chi connectivity index (χ0v) is 14.1. The average Bonchev–Trinajstić information content (AvgIpc) is 2.51. The molecule has 3 N–H and O–H groups in total. The zero-order valence-electron chi connectivity index (χ0n) is 12.6. The number of fused-ring (bicyclic) bond motifs is 1. The van der Waals surface area contributed by atoms with Crippen LogP contribution in [-0.4, -0.2) is 9.66 Å². The van der Waals surface area contributed by atoms with Gasteiger partial charge in [-0.1, -0.05) is 29.3 Å². The van der Waals surface area contributed by atoms with Crippen molar-refractivity contribution in [3.05, 3.63) is 68.4 Å². The molecular weight excluding hydrogens is 354 g/mol. The highest BCUT2D eigenvalue weighted by Crippen LogP contribution is 2.24. The van der Waals surface area contributed by atoms with Gasteiger partial charge < -0.3 is 5.73 Å². The molecule has 1 heterocycles. The van der Waals surface area contributed by atoms with Crippen molar-refractivity contribution < 1.29 is 4.39 Å². The summed E-state index contributed by atoms with van der Waals surface area (Å²) in [6.07, 6.45) is 0. The number of rotatable bonds is 3. The van der Waals surface area contributed by atoms with Crippen LogP contribution in [0.1, 0.15) is 18.8 Å².